The van der Waals surface area contributed by atoms with Crippen LogP contribution in [0.15, 0.2) is 42.5 Å². The average Bonchev–Trinajstić information content (AvgIpc) is 2.20. The number of benzene rings is 1. The van der Waals surface area contributed by atoms with Crippen LogP contribution in [0, 0.1) is 0 Å². The predicted octanol–water partition coefficient (Wildman–Crippen LogP) is 4.15. The maximum Gasteiger partial charge on any atom is 0.00427 e. The molecule has 0 bridgehead atoms. The molecule has 1 aromatic carbocycles. The van der Waals surface area contributed by atoms with Crippen molar-refractivity contribution in [1.82, 2.24) is 0 Å². The Morgan fingerprint density at radius 1 is 1.23 bits per heavy atom. The predicted molar refractivity (Wildman–Crippen MR) is 58.9 cm³/mol. The van der Waals surface area contributed by atoms with Gasteiger partial charge in [-0.25, -0.2) is 0 Å². The summed E-state index contributed by atoms with van der Waals surface area (Å²) in [4.78, 5) is 0. The summed E-state index contributed by atoms with van der Waals surface area (Å²) >= 11 is 0. The molecule has 0 heterocycles. The zero-order valence-electron chi connectivity index (χ0n) is 8.59. The topological polar surface area (TPSA) is 0 Å². The fraction of sp³-hybridized carbons (Fsp3) is 0.385. The first-order chi connectivity index (χ1) is 6.29. The van der Waals surface area contributed by atoms with Gasteiger partial charge in [0.15, 0.2) is 0 Å². The third kappa shape index (κ3) is 2.45. The largest absolute Gasteiger partial charge is 0.0993 e. The van der Waals surface area contributed by atoms with E-state index in [2.05, 4.69) is 50.8 Å². The van der Waals surface area contributed by atoms with Crippen LogP contribution in [0.4, 0.5) is 0 Å². The van der Waals surface area contributed by atoms with Crippen LogP contribution < -0.4 is 0 Å². The molecule has 1 aromatic rings. The monoisotopic (exact) mass is 174 g/mol. The first-order valence-electron chi connectivity index (χ1n) is 5.02. The van der Waals surface area contributed by atoms with Crippen LogP contribution in [0.3, 0.4) is 0 Å². The van der Waals surface area contributed by atoms with Gasteiger partial charge in [0.25, 0.3) is 0 Å². The van der Waals surface area contributed by atoms with Crippen molar-refractivity contribution in [2.45, 2.75) is 32.6 Å². The normalized spacial score (nSPS) is 12.5. The minimum absolute atomic E-state index is 0.547. The highest BCUT2D eigenvalue weighted by molar-refractivity contribution is 5.27. The van der Waals surface area contributed by atoms with Gasteiger partial charge in [0.2, 0.25) is 0 Å². The second-order valence-electron chi connectivity index (χ2n) is 3.38. The van der Waals surface area contributed by atoms with Gasteiger partial charge >= 0.3 is 0 Å². The maximum absolute atomic E-state index is 4.12. The Hall–Kier alpha value is -1.04. The van der Waals surface area contributed by atoms with Crippen molar-refractivity contribution in [3.63, 3.8) is 0 Å². The quantitative estimate of drug-likeness (QED) is 0.602. The van der Waals surface area contributed by atoms with Crippen molar-refractivity contribution < 1.29 is 0 Å². The van der Waals surface area contributed by atoms with Gasteiger partial charge in [0.05, 0.1) is 0 Å². The van der Waals surface area contributed by atoms with E-state index in [-0.39, 0.29) is 0 Å². The summed E-state index contributed by atoms with van der Waals surface area (Å²) in [5, 5.41) is 0. The summed E-state index contributed by atoms with van der Waals surface area (Å²) in [5.74, 6) is 0.547. The van der Waals surface area contributed by atoms with E-state index >= 15 is 0 Å². The number of allylic oxidation sites excluding steroid dienone is 1. The molecule has 0 saturated heterocycles. The van der Waals surface area contributed by atoms with Gasteiger partial charge in [0.1, 0.15) is 0 Å². The summed E-state index contributed by atoms with van der Waals surface area (Å²) in [7, 11) is 0. The van der Waals surface area contributed by atoms with Gasteiger partial charge < -0.3 is 0 Å². The van der Waals surface area contributed by atoms with Crippen LogP contribution in [0.25, 0.3) is 0 Å². The van der Waals surface area contributed by atoms with Crippen molar-refractivity contribution in [2.24, 2.45) is 0 Å². The van der Waals surface area contributed by atoms with Crippen molar-refractivity contribution >= 4 is 0 Å². The van der Waals surface area contributed by atoms with Crippen molar-refractivity contribution in [3.05, 3.63) is 48.0 Å². The molecular formula is C13H18. The molecule has 0 fully saturated rings. The lowest BCUT2D eigenvalue weighted by atomic mass is 9.88. The lowest BCUT2D eigenvalue weighted by Gasteiger charge is -2.16. The summed E-state index contributed by atoms with van der Waals surface area (Å²) in [5.41, 5.74) is 2.74. The Kier molecular flexibility index (Phi) is 3.75. The van der Waals surface area contributed by atoms with Crippen molar-refractivity contribution in [1.29, 1.82) is 0 Å². The smallest absolute Gasteiger partial charge is 0.00427 e. The molecule has 0 aliphatic carbocycles. The van der Waals surface area contributed by atoms with Gasteiger partial charge in [-0.05, 0) is 18.4 Å². The number of rotatable bonds is 4. The fourth-order valence-electron chi connectivity index (χ4n) is 1.69. The molecule has 0 nitrogen and oxygen atoms in total. The Labute approximate surface area is 81.3 Å². The molecular weight excluding hydrogens is 156 g/mol. The van der Waals surface area contributed by atoms with E-state index in [0.717, 1.165) is 12.8 Å². The van der Waals surface area contributed by atoms with Crippen LogP contribution in [0.5, 0.6) is 0 Å². The second kappa shape index (κ2) is 4.86. The Morgan fingerprint density at radius 3 is 2.31 bits per heavy atom. The molecule has 13 heavy (non-hydrogen) atoms. The Bertz CT molecular complexity index is 259. The van der Waals surface area contributed by atoms with E-state index in [4.69, 9.17) is 0 Å². The minimum atomic E-state index is 0.547. The van der Waals surface area contributed by atoms with Gasteiger partial charge in [-0.15, -0.1) is 0 Å². The molecule has 1 atom stereocenters. The van der Waals surface area contributed by atoms with E-state index in [1.807, 2.05) is 0 Å². The molecule has 70 valence electrons. The molecule has 0 saturated carbocycles. The Balaban J connectivity index is 2.85. The zero-order valence-corrected chi connectivity index (χ0v) is 8.59. The minimum Gasteiger partial charge on any atom is -0.0993 e. The van der Waals surface area contributed by atoms with Crippen LogP contribution in [0.1, 0.15) is 38.2 Å². The van der Waals surface area contributed by atoms with E-state index in [9.17, 15) is 0 Å². The van der Waals surface area contributed by atoms with E-state index in [1.165, 1.54) is 11.1 Å². The molecule has 1 unspecified atom stereocenters. The molecule has 0 heteroatoms. The summed E-state index contributed by atoms with van der Waals surface area (Å²) < 4.78 is 0. The summed E-state index contributed by atoms with van der Waals surface area (Å²) in [6.07, 6.45) is 2.23. The molecule has 0 aliphatic heterocycles. The van der Waals surface area contributed by atoms with Crippen LogP contribution >= 0.6 is 0 Å². The third-order valence-corrected chi connectivity index (χ3v) is 2.56. The van der Waals surface area contributed by atoms with E-state index in [1.54, 1.807) is 0 Å². The molecule has 0 aromatic heterocycles. The molecule has 0 amide bonds. The highest BCUT2D eigenvalue weighted by atomic mass is 14.1. The molecule has 0 radical (unpaired) electrons. The summed E-state index contributed by atoms with van der Waals surface area (Å²) in [6, 6.07) is 10.6. The van der Waals surface area contributed by atoms with Gasteiger partial charge in [-0.1, -0.05) is 56.3 Å². The highest BCUT2D eigenvalue weighted by Crippen LogP contribution is 2.27. The standard InChI is InChI=1S/C13H18/c1-4-11(3)13(5-2)12-9-7-6-8-10-12/h6-10,13H,3-5H2,1-2H3. The Morgan fingerprint density at radius 2 is 1.85 bits per heavy atom. The van der Waals surface area contributed by atoms with Crippen LogP contribution in [-0.2, 0) is 0 Å². The SMILES string of the molecule is C=C(CC)C(CC)c1ccccc1. The maximum atomic E-state index is 4.12. The van der Waals surface area contributed by atoms with Gasteiger partial charge in [-0.3, -0.25) is 0 Å². The average molecular weight is 174 g/mol. The first kappa shape index (κ1) is 10.0. The third-order valence-electron chi connectivity index (χ3n) is 2.56. The summed E-state index contributed by atoms with van der Waals surface area (Å²) in [6.45, 7) is 8.52. The fourth-order valence-corrected chi connectivity index (χ4v) is 1.69. The second-order valence-corrected chi connectivity index (χ2v) is 3.38. The van der Waals surface area contributed by atoms with E-state index in [0.29, 0.717) is 5.92 Å². The number of hydrogen-bond donors (Lipinski definition) is 0. The van der Waals surface area contributed by atoms with Gasteiger partial charge in [0, 0.05) is 5.92 Å². The highest BCUT2D eigenvalue weighted by Gasteiger charge is 2.10. The van der Waals surface area contributed by atoms with Crippen LogP contribution in [-0.4, -0.2) is 0 Å². The number of hydrogen-bond acceptors (Lipinski definition) is 0. The van der Waals surface area contributed by atoms with Gasteiger partial charge in [-0.2, -0.15) is 0 Å². The lowest BCUT2D eigenvalue weighted by Crippen LogP contribution is -1.99. The lowest BCUT2D eigenvalue weighted by molar-refractivity contribution is 0.734. The molecule has 0 spiro atoms. The zero-order chi connectivity index (χ0) is 9.68. The molecule has 0 N–H and O–H groups in total. The van der Waals surface area contributed by atoms with Crippen LogP contribution in [0.2, 0.25) is 0 Å². The van der Waals surface area contributed by atoms with Crippen molar-refractivity contribution in [2.75, 3.05) is 0 Å². The first-order valence-corrected chi connectivity index (χ1v) is 5.02. The molecule has 1 rings (SSSR count). The van der Waals surface area contributed by atoms with E-state index < -0.39 is 0 Å². The van der Waals surface area contributed by atoms with Crippen molar-refractivity contribution in [3.8, 4) is 0 Å². The molecule has 0 aliphatic rings.